The fourth-order valence-electron chi connectivity index (χ4n) is 4.40. The number of hydrogen-bond donors (Lipinski definition) is 0. The Hall–Kier alpha value is -2.50. The molecule has 5 heteroatoms. The van der Waals surface area contributed by atoms with Crippen molar-refractivity contribution in [2.45, 2.75) is 65.1 Å². The summed E-state index contributed by atoms with van der Waals surface area (Å²) in [6.07, 6.45) is 0.239. The molecule has 3 rings (SSSR count). The molecule has 3 atom stereocenters. The van der Waals surface area contributed by atoms with E-state index in [9.17, 15) is 9.59 Å². The molecule has 1 saturated heterocycles. The van der Waals surface area contributed by atoms with Crippen molar-refractivity contribution >= 4 is 12.2 Å². The molecule has 1 aliphatic heterocycles. The lowest BCUT2D eigenvalue weighted by Crippen LogP contribution is -2.43. The second-order valence-electron chi connectivity index (χ2n) is 8.56. The number of carbonyl (C=O) groups is 2. The lowest BCUT2D eigenvalue weighted by atomic mass is 9.97. The van der Waals surface area contributed by atoms with Gasteiger partial charge in [0.25, 0.3) is 5.91 Å². The molecule has 1 aliphatic rings. The van der Waals surface area contributed by atoms with E-state index in [1.807, 2.05) is 70.0 Å². The highest BCUT2D eigenvalue weighted by Crippen LogP contribution is 2.42. The fourth-order valence-corrected chi connectivity index (χ4v) is 4.40. The summed E-state index contributed by atoms with van der Waals surface area (Å²) in [5.74, 6) is -0.134. The molecule has 0 aromatic heterocycles. The van der Waals surface area contributed by atoms with Gasteiger partial charge in [0.2, 0.25) is 0 Å². The van der Waals surface area contributed by atoms with Gasteiger partial charge in [0, 0.05) is 29.3 Å². The molecule has 30 heavy (non-hydrogen) atoms. The number of hydrogen-bond acceptors (Lipinski definition) is 4. The first-order valence-electron chi connectivity index (χ1n) is 10.6. The molecule has 0 unspecified atom stereocenters. The van der Waals surface area contributed by atoms with E-state index in [1.54, 1.807) is 6.07 Å². The lowest BCUT2D eigenvalue weighted by Gasteiger charge is -2.33. The van der Waals surface area contributed by atoms with E-state index in [1.165, 1.54) is 0 Å². The van der Waals surface area contributed by atoms with Crippen LogP contribution in [0.1, 0.15) is 78.8 Å². The number of rotatable bonds is 6. The van der Waals surface area contributed by atoms with E-state index >= 15 is 0 Å². The second-order valence-corrected chi connectivity index (χ2v) is 8.56. The van der Waals surface area contributed by atoms with Crippen molar-refractivity contribution in [3.63, 3.8) is 0 Å². The smallest absolute Gasteiger partial charge is 0.255 e. The van der Waals surface area contributed by atoms with Crippen LogP contribution in [0.15, 0.2) is 48.5 Å². The number of nitrogens with zero attached hydrogens (tertiary/aromatic N) is 2. The summed E-state index contributed by atoms with van der Waals surface area (Å²) in [7, 11) is 2.00. The molecule has 0 bridgehead atoms. The first kappa shape index (κ1) is 22.2. The summed E-state index contributed by atoms with van der Waals surface area (Å²) < 4.78 is 6.49. The fraction of sp³-hybridized carbons (Fsp3) is 0.440. The van der Waals surface area contributed by atoms with Crippen molar-refractivity contribution < 1.29 is 14.3 Å². The van der Waals surface area contributed by atoms with Crippen molar-refractivity contribution in [2.75, 3.05) is 7.05 Å². The summed E-state index contributed by atoms with van der Waals surface area (Å²) in [4.78, 5) is 29.4. The minimum Gasteiger partial charge on any atom is -0.349 e. The highest BCUT2D eigenvalue weighted by Gasteiger charge is 2.41. The van der Waals surface area contributed by atoms with Crippen molar-refractivity contribution in [2.24, 2.45) is 0 Å². The van der Waals surface area contributed by atoms with Crippen LogP contribution in [0.5, 0.6) is 0 Å². The molecule has 160 valence electrons. The Kier molecular flexibility index (Phi) is 6.74. The summed E-state index contributed by atoms with van der Waals surface area (Å²) in [6, 6.07) is 15.7. The molecular weight excluding hydrogens is 376 g/mol. The Morgan fingerprint density at radius 2 is 1.67 bits per heavy atom. The molecule has 1 fully saturated rings. The minimum atomic E-state index is -0.412. The standard InChI is InChI=1S/C25H32N2O3/c1-16(2)27(17(3)4)24(29)22-20(15-28)13-10-14-21(22)25-26(6)18(5)23(30-25)19-11-8-7-9-12-19/h7-18,23,25H,1-6H3/t18-,23-,25-/m0/s1. The van der Waals surface area contributed by atoms with Crippen LogP contribution in [0, 0.1) is 0 Å². The Balaban J connectivity index is 2.06. The van der Waals surface area contributed by atoms with E-state index in [2.05, 4.69) is 24.0 Å². The van der Waals surface area contributed by atoms with Crippen LogP contribution in [0.4, 0.5) is 0 Å². The topological polar surface area (TPSA) is 49.9 Å². The van der Waals surface area contributed by atoms with Gasteiger partial charge >= 0.3 is 0 Å². The third-order valence-corrected chi connectivity index (χ3v) is 5.94. The maximum absolute atomic E-state index is 13.6. The maximum atomic E-state index is 13.6. The third kappa shape index (κ3) is 4.05. The van der Waals surface area contributed by atoms with Crippen LogP contribution in [-0.2, 0) is 4.74 Å². The average Bonchev–Trinajstić information content (AvgIpc) is 3.02. The Morgan fingerprint density at radius 1 is 1.03 bits per heavy atom. The monoisotopic (exact) mass is 408 g/mol. The van der Waals surface area contributed by atoms with Crippen molar-refractivity contribution in [3.05, 3.63) is 70.8 Å². The molecule has 2 aromatic rings. The Labute approximate surface area is 179 Å². The van der Waals surface area contributed by atoms with Crippen molar-refractivity contribution in [1.82, 2.24) is 9.80 Å². The highest BCUT2D eigenvalue weighted by atomic mass is 16.5. The van der Waals surface area contributed by atoms with Gasteiger partial charge in [-0.2, -0.15) is 0 Å². The number of amides is 1. The Bertz CT molecular complexity index is 887. The largest absolute Gasteiger partial charge is 0.349 e. The summed E-state index contributed by atoms with van der Waals surface area (Å²) in [5, 5.41) is 0. The van der Waals surface area contributed by atoms with E-state index in [4.69, 9.17) is 4.74 Å². The molecule has 0 radical (unpaired) electrons. The highest BCUT2D eigenvalue weighted by molar-refractivity contribution is 6.03. The summed E-state index contributed by atoms with van der Waals surface area (Å²) in [6.45, 7) is 10.1. The molecule has 0 N–H and O–H groups in total. The number of aldehydes is 1. The van der Waals surface area contributed by atoms with Crippen LogP contribution in [0.2, 0.25) is 0 Å². The van der Waals surface area contributed by atoms with Crippen molar-refractivity contribution in [3.8, 4) is 0 Å². The molecule has 0 saturated carbocycles. The SMILES string of the molecule is CC(C)N(C(=O)c1c(C=O)cccc1[C@@H]1O[C@H](c2ccccc2)[C@H](C)N1C)C(C)C. The third-order valence-electron chi connectivity index (χ3n) is 5.94. The number of carbonyl (C=O) groups excluding carboxylic acids is 2. The zero-order chi connectivity index (χ0) is 22.0. The minimum absolute atomic E-state index is 0.0169. The average molecular weight is 409 g/mol. The Morgan fingerprint density at radius 3 is 2.23 bits per heavy atom. The first-order chi connectivity index (χ1) is 14.3. The van der Waals surface area contributed by atoms with Gasteiger partial charge in [-0.3, -0.25) is 14.5 Å². The lowest BCUT2D eigenvalue weighted by molar-refractivity contribution is 0.00451. The second kappa shape index (κ2) is 9.11. The predicted molar refractivity (Wildman–Crippen MR) is 119 cm³/mol. The van der Waals surface area contributed by atoms with Gasteiger partial charge in [0.1, 0.15) is 12.3 Å². The molecule has 0 spiro atoms. The molecule has 5 nitrogen and oxygen atoms in total. The maximum Gasteiger partial charge on any atom is 0.255 e. The molecule has 0 aliphatic carbocycles. The van der Waals surface area contributed by atoms with Gasteiger partial charge in [-0.15, -0.1) is 0 Å². The van der Waals surface area contributed by atoms with Crippen LogP contribution in [-0.4, -0.2) is 47.2 Å². The quantitative estimate of drug-likeness (QED) is 0.641. The van der Waals surface area contributed by atoms with Crippen LogP contribution in [0.3, 0.4) is 0 Å². The van der Waals surface area contributed by atoms with Gasteiger partial charge in [-0.25, -0.2) is 0 Å². The van der Waals surface area contributed by atoms with E-state index in [0.29, 0.717) is 11.1 Å². The number of benzene rings is 2. The molecule has 1 amide bonds. The van der Waals surface area contributed by atoms with Crippen LogP contribution >= 0.6 is 0 Å². The van der Waals surface area contributed by atoms with E-state index in [0.717, 1.165) is 17.4 Å². The van der Waals surface area contributed by atoms with Crippen LogP contribution in [0.25, 0.3) is 0 Å². The van der Waals surface area contributed by atoms with E-state index in [-0.39, 0.29) is 30.1 Å². The normalized spacial score (nSPS) is 21.9. The zero-order valence-corrected chi connectivity index (χ0v) is 18.7. The van der Waals surface area contributed by atoms with Gasteiger partial charge in [0.05, 0.1) is 5.56 Å². The summed E-state index contributed by atoms with van der Waals surface area (Å²) >= 11 is 0. The molecule has 2 aromatic carbocycles. The van der Waals surface area contributed by atoms with Gasteiger partial charge in [-0.05, 0) is 47.2 Å². The predicted octanol–water partition coefficient (Wildman–Crippen LogP) is 4.85. The number of likely N-dealkylation sites (N-methyl/N-ethyl adjacent to an activating group) is 1. The van der Waals surface area contributed by atoms with Gasteiger partial charge in [-0.1, -0.05) is 48.5 Å². The van der Waals surface area contributed by atoms with Gasteiger partial charge < -0.3 is 9.64 Å². The van der Waals surface area contributed by atoms with E-state index < -0.39 is 6.23 Å². The first-order valence-corrected chi connectivity index (χ1v) is 10.6. The van der Waals surface area contributed by atoms with Gasteiger partial charge in [0.15, 0.2) is 6.29 Å². The number of ether oxygens (including phenoxy) is 1. The molecular formula is C25H32N2O3. The van der Waals surface area contributed by atoms with Crippen LogP contribution < -0.4 is 0 Å². The summed E-state index contributed by atoms with van der Waals surface area (Å²) in [5.41, 5.74) is 2.68. The van der Waals surface area contributed by atoms with Crippen molar-refractivity contribution in [1.29, 1.82) is 0 Å². The zero-order valence-electron chi connectivity index (χ0n) is 18.7. The molecule has 1 heterocycles.